The molecule has 1 atom stereocenters. The lowest BCUT2D eigenvalue weighted by Gasteiger charge is -2.13. The van der Waals surface area contributed by atoms with E-state index >= 15 is 0 Å². The largest absolute Gasteiger partial charge is 0.508 e. The third kappa shape index (κ3) is 1.55. The summed E-state index contributed by atoms with van der Waals surface area (Å²) < 4.78 is 0. The highest BCUT2D eigenvalue weighted by Crippen LogP contribution is 2.22. The number of hydrogen-bond acceptors (Lipinski definition) is 3. The molecule has 0 saturated carbocycles. The Morgan fingerprint density at radius 3 is 2.67 bits per heavy atom. The molecule has 1 unspecified atom stereocenters. The van der Waals surface area contributed by atoms with Gasteiger partial charge in [-0.1, -0.05) is 12.1 Å². The Hall–Kier alpha value is -1.53. The smallest absolute Gasteiger partial charge is 0.173 e. The van der Waals surface area contributed by atoms with Crippen LogP contribution in [0, 0.1) is 11.3 Å². The summed E-state index contributed by atoms with van der Waals surface area (Å²) in [6.45, 7) is 1.38. The third-order valence-electron chi connectivity index (χ3n) is 1.63. The quantitative estimate of drug-likeness (QED) is 0.610. The molecular formula is C9H9NO2. The van der Waals surface area contributed by atoms with Crippen molar-refractivity contribution < 1.29 is 10.2 Å². The lowest BCUT2D eigenvalue weighted by atomic mass is 9.98. The van der Waals surface area contributed by atoms with Gasteiger partial charge in [-0.2, -0.15) is 5.26 Å². The topological polar surface area (TPSA) is 64.2 Å². The third-order valence-corrected chi connectivity index (χ3v) is 1.63. The SMILES string of the molecule is CC(O)(C#N)c1cccc(O)c1. The number of phenolic OH excluding ortho intramolecular Hbond substituents is 1. The van der Waals surface area contributed by atoms with Gasteiger partial charge in [0.05, 0.1) is 0 Å². The molecule has 0 amide bonds. The number of hydrogen-bond donors (Lipinski definition) is 2. The minimum absolute atomic E-state index is 0.0445. The number of phenols is 1. The maximum absolute atomic E-state index is 9.45. The van der Waals surface area contributed by atoms with E-state index in [1.54, 1.807) is 18.2 Å². The van der Waals surface area contributed by atoms with Crippen molar-refractivity contribution in [3.8, 4) is 11.8 Å². The van der Waals surface area contributed by atoms with Gasteiger partial charge in [-0.15, -0.1) is 0 Å². The van der Waals surface area contributed by atoms with Gasteiger partial charge in [0.2, 0.25) is 0 Å². The molecule has 0 aromatic heterocycles. The van der Waals surface area contributed by atoms with Crippen LogP contribution in [0.4, 0.5) is 0 Å². The molecule has 1 aromatic rings. The van der Waals surface area contributed by atoms with Crippen molar-refractivity contribution in [1.29, 1.82) is 5.26 Å². The monoisotopic (exact) mass is 163 g/mol. The zero-order valence-electron chi connectivity index (χ0n) is 6.65. The van der Waals surface area contributed by atoms with Crippen molar-refractivity contribution in [2.75, 3.05) is 0 Å². The summed E-state index contributed by atoms with van der Waals surface area (Å²) in [6.07, 6.45) is 0. The van der Waals surface area contributed by atoms with Crippen molar-refractivity contribution in [3.05, 3.63) is 29.8 Å². The van der Waals surface area contributed by atoms with E-state index < -0.39 is 5.60 Å². The average Bonchev–Trinajstić information content (AvgIpc) is 2.05. The second-order valence-corrected chi connectivity index (χ2v) is 2.73. The zero-order valence-corrected chi connectivity index (χ0v) is 6.65. The molecule has 0 aliphatic rings. The van der Waals surface area contributed by atoms with Gasteiger partial charge in [0.25, 0.3) is 0 Å². The first-order valence-corrected chi connectivity index (χ1v) is 3.49. The van der Waals surface area contributed by atoms with E-state index in [9.17, 15) is 5.11 Å². The van der Waals surface area contributed by atoms with E-state index in [1.165, 1.54) is 19.1 Å². The normalized spacial score (nSPS) is 14.8. The van der Waals surface area contributed by atoms with Gasteiger partial charge in [-0.25, -0.2) is 0 Å². The standard InChI is InChI=1S/C9H9NO2/c1-9(12,6-10)7-3-2-4-8(11)5-7/h2-5,11-12H,1H3. The van der Waals surface area contributed by atoms with Crippen LogP contribution >= 0.6 is 0 Å². The lowest BCUT2D eigenvalue weighted by molar-refractivity contribution is 0.119. The first-order valence-electron chi connectivity index (χ1n) is 3.49. The molecule has 1 rings (SSSR count). The lowest BCUT2D eigenvalue weighted by Crippen LogP contribution is -2.17. The van der Waals surface area contributed by atoms with Crippen molar-refractivity contribution >= 4 is 0 Å². The fourth-order valence-corrected chi connectivity index (χ4v) is 0.873. The van der Waals surface area contributed by atoms with Gasteiger partial charge in [0, 0.05) is 5.56 Å². The van der Waals surface area contributed by atoms with Crippen LogP contribution in [0.25, 0.3) is 0 Å². The van der Waals surface area contributed by atoms with Crippen molar-refractivity contribution in [2.45, 2.75) is 12.5 Å². The fraction of sp³-hybridized carbons (Fsp3) is 0.222. The van der Waals surface area contributed by atoms with E-state index in [2.05, 4.69) is 0 Å². The molecule has 62 valence electrons. The Kier molecular flexibility index (Phi) is 2.03. The molecule has 0 spiro atoms. The van der Waals surface area contributed by atoms with E-state index in [0.29, 0.717) is 5.56 Å². The number of rotatable bonds is 1. The molecule has 2 N–H and O–H groups in total. The van der Waals surface area contributed by atoms with Gasteiger partial charge in [0.15, 0.2) is 5.60 Å². The molecule has 0 fully saturated rings. The molecule has 3 nitrogen and oxygen atoms in total. The van der Waals surface area contributed by atoms with E-state index in [-0.39, 0.29) is 5.75 Å². The van der Waals surface area contributed by atoms with Gasteiger partial charge in [-0.05, 0) is 19.1 Å². The van der Waals surface area contributed by atoms with Crippen LogP contribution < -0.4 is 0 Å². The number of nitrogens with zero attached hydrogens (tertiary/aromatic N) is 1. The minimum Gasteiger partial charge on any atom is -0.508 e. The number of aliphatic hydroxyl groups is 1. The van der Waals surface area contributed by atoms with Crippen molar-refractivity contribution in [1.82, 2.24) is 0 Å². The van der Waals surface area contributed by atoms with Gasteiger partial charge >= 0.3 is 0 Å². The Morgan fingerprint density at radius 2 is 2.17 bits per heavy atom. The zero-order chi connectivity index (χ0) is 9.19. The first kappa shape index (κ1) is 8.57. The van der Waals surface area contributed by atoms with Crippen LogP contribution in [-0.2, 0) is 5.60 Å². The minimum atomic E-state index is -1.53. The molecule has 0 heterocycles. The van der Waals surface area contributed by atoms with Crippen molar-refractivity contribution in [2.24, 2.45) is 0 Å². The molecule has 0 radical (unpaired) electrons. The summed E-state index contributed by atoms with van der Waals surface area (Å²) in [6, 6.07) is 7.74. The molecule has 1 aromatic carbocycles. The molecule has 12 heavy (non-hydrogen) atoms. The number of benzene rings is 1. The molecule has 0 bridgehead atoms. The summed E-state index contributed by atoms with van der Waals surface area (Å²) in [5, 5.41) is 27.1. The summed E-state index contributed by atoms with van der Waals surface area (Å²) in [7, 11) is 0. The second kappa shape index (κ2) is 2.84. The second-order valence-electron chi connectivity index (χ2n) is 2.73. The van der Waals surface area contributed by atoms with Gasteiger partial charge in [0.1, 0.15) is 11.8 Å². The van der Waals surface area contributed by atoms with E-state index in [1.807, 2.05) is 0 Å². The molecular weight excluding hydrogens is 154 g/mol. The Bertz CT molecular complexity index is 326. The van der Waals surface area contributed by atoms with Crippen LogP contribution in [-0.4, -0.2) is 10.2 Å². The predicted molar refractivity (Wildman–Crippen MR) is 43.3 cm³/mol. The van der Waals surface area contributed by atoms with Crippen LogP contribution in [0.15, 0.2) is 24.3 Å². The van der Waals surface area contributed by atoms with Crippen LogP contribution in [0.5, 0.6) is 5.75 Å². The number of nitriles is 1. The summed E-state index contributed by atoms with van der Waals surface area (Å²) in [5.74, 6) is 0.0445. The maximum atomic E-state index is 9.45. The van der Waals surface area contributed by atoms with E-state index in [0.717, 1.165) is 0 Å². The Labute approximate surface area is 70.5 Å². The molecule has 0 saturated heterocycles. The average molecular weight is 163 g/mol. The maximum Gasteiger partial charge on any atom is 0.173 e. The van der Waals surface area contributed by atoms with Gasteiger partial charge < -0.3 is 10.2 Å². The highest BCUT2D eigenvalue weighted by atomic mass is 16.3. The summed E-state index contributed by atoms with van der Waals surface area (Å²) >= 11 is 0. The molecule has 3 heteroatoms. The highest BCUT2D eigenvalue weighted by molar-refractivity contribution is 5.34. The fourth-order valence-electron chi connectivity index (χ4n) is 0.873. The predicted octanol–water partition coefficient (Wildman–Crippen LogP) is 1.12. The van der Waals surface area contributed by atoms with Crippen molar-refractivity contribution in [3.63, 3.8) is 0 Å². The molecule has 0 aliphatic heterocycles. The van der Waals surface area contributed by atoms with E-state index in [4.69, 9.17) is 10.4 Å². The van der Waals surface area contributed by atoms with Crippen LogP contribution in [0.2, 0.25) is 0 Å². The van der Waals surface area contributed by atoms with Gasteiger partial charge in [-0.3, -0.25) is 0 Å². The Balaban J connectivity index is 3.14. The number of aromatic hydroxyl groups is 1. The van der Waals surface area contributed by atoms with Crippen LogP contribution in [0.1, 0.15) is 12.5 Å². The summed E-state index contributed by atoms with van der Waals surface area (Å²) in [4.78, 5) is 0. The molecule has 0 aliphatic carbocycles. The summed E-state index contributed by atoms with van der Waals surface area (Å²) in [5.41, 5.74) is -1.14. The first-order chi connectivity index (χ1) is 5.56. The highest BCUT2D eigenvalue weighted by Gasteiger charge is 2.21. The Morgan fingerprint density at radius 1 is 1.50 bits per heavy atom. The van der Waals surface area contributed by atoms with Crippen LogP contribution in [0.3, 0.4) is 0 Å².